The molecular weight excluding hydrogens is 212 g/mol. The maximum Gasteiger partial charge on any atom is 0.0825 e. The molecule has 3 nitrogen and oxygen atoms in total. The molecule has 0 fully saturated rings. The number of aliphatic hydroxyl groups is 1. The van der Waals surface area contributed by atoms with Gasteiger partial charge in [-0.05, 0) is 33.0 Å². The maximum absolute atomic E-state index is 10.3. The minimum absolute atomic E-state index is 0.395. The number of aryl methyl sites for hydroxylation is 1. The van der Waals surface area contributed by atoms with E-state index >= 15 is 0 Å². The number of hydrogen-bond donors (Lipinski definition) is 2. The molecular formula is C14H20N2O. The fraction of sp³-hybridized carbons (Fsp3) is 0.429. The Morgan fingerprint density at radius 1 is 1.35 bits per heavy atom. The van der Waals surface area contributed by atoms with Crippen LogP contribution in [0.25, 0.3) is 10.9 Å². The Morgan fingerprint density at radius 3 is 2.76 bits per heavy atom. The summed E-state index contributed by atoms with van der Waals surface area (Å²) in [6, 6.07) is 8.23. The van der Waals surface area contributed by atoms with Gasteiger partial charge in [0.15, 0.2) is 0 Å². The average molecular weight is 232 g/mol. The zero-order chi connectivity index (χ0) is 12.4. The third kappa shape index (κ3) is 2.08. The van der Waals surface area contributed by atoms with Crippen LogP contribution in [0.15, 0.2) is 24.3 Å². The third-order valence-corrected chi connectivity index (χ3v) is 3.45. The SMILES string of the molecule is CNCCC(O)c1c(C)n(C)c2ccccc12. The summed E-state index contributed by atoms with van der Waals surface area (Å²) >= 11 is 0. The Labute approximate surface area is 102 Å². The Morgan fingerprint density at radius 2 is 2.06 bits per heavy atom. The highest BCUT2D eigenvalue weighted by molar-refractivity contribution is 5.85. The van der Waals surface area contributed by atoms with Crippen molar-refractivity contribution >= 4 is 10.9 Å². The van der Waals surface area contributed by atoms with Gasteiger partial charge in [0.2, 0.25) is 0 Å². The van der Waals surface area contributed by atoms with Crippen LogP contribution in [0.4, 0.5) is 0 Å². The molecule has 0 spiro atoms. The van der Waals surface area contributed by atoms with Crippen LogP contribution in [0.1, 0.15) is 23.8 Å². The quantitative estimate of drug-likeness (QED) is 0.847. The highest BCUT2D eigenvalue weighted by Crippen LogP contribution is 2.31. The minimum atomic E-state index is -0.395. The van der Waals surface area contributed by atoms with Crippen LogP contribution >= 0.6 is 0 Å². The highest BCUT2D eigenvalue weighted by Gasteiger charge is 2.17. The van der Waals surface area contributed by atoms with Crippen LogP contribution in [0.5, 0.6) is 0 Å². The van der Waals surface area contributed by atoms with Gasteiger partial charge in [0, 0.05) is 29.2 Å². The van der Waals surface area contributed by atoms with E-state index in [0.29, 0.717) is 0 Å². The molecule has 0 aliphatic rings. The molecule has 17 heavy (non-hydrogen) atoms. The molecule has 0 amide bonds. The van der Waals surface area contributed by atoms with Crippen LogP contribution in [0, 0.1) is 6.92 Å². The molecule has 2 aromatic rings. The number of para-hydroxylation sites is 1. The summed E-state index contributed by atoms with van der Waals surface area (Å²) in [5.74, 6) is 0. The van der Waals surface area contributed by atoms with Crippen molar-refractivity contribution in [3.8, 4) is 0 Å². The number of hydrogen-bond acceptors (Lipinski definition) is 2. The lowest BCUT2D eigenvalue weighted by Gasteiger charge is -2.11. The molecule has 1 aromatic carbocycles. The van der Waals surface area contributed by atoms with Gasteiger partial charge in [-0.3, -0.25) is 0 Å². The first kappa shape index (κ1) is 12.1. The van der Waals surface area contributed by atoms with Gasteiger partial charge in [0.05, 0.1) is 6.10 Å². The van der Waals surface area contributed by atoms with Gasteiger partial charge in [-0.15, -0.1) is 0 Å². The van der Waals surface area contributed by atoms with Gasteiger partial charge in [-0.2, -0.15) is 0 Å². The number of benzene rings is 1. The molecule has 2 rings (SSSR count). The lowest BCUT2D eigenvalue weighted by molar-refractivity contribution is 0.168. The molecule has 1 unspecified atom stereocenters. The summed E-state index contributed by atoms with van der Waals surface area (Å²) in [6.45, 7) is 2.89. The normalized spacial score (nSPS) is 13.2. The molecule has 0 aliphatic heterocycles. The van der Waals surface area contributed by atoms with Crippen molar-refractivity contribution in [3.05, 3.63) is 35.5 Å². The van der Waals surface area contributed by atoms with Crippen molar-refractivity contribution in [2.24, 2.45) is 7.05 Å². The van der Waals surface area contributed by atoms with Gasteiger partial charge in [0.1, 0.15) is 0 Å². The van der Waals surface area contributed by atoms with Crippen LogP contribution in [0.3, 0.4) is 0 Å². The molecule has 0 aliphatic carbocycles. The van der Waals surface area contributed by atoms with Gasteiger partial charge in [0.25, 0.3) is 0 Å². The first-order valence-electron chi connectivity index (χ1n) is 6.03. The minimum Gasteiger partial charge on any atom is -0.388 e. The first-order valence-corrected chi connectivity index (χ1v) is 6.03. The summed E-state index contributed by atoms with van der Waals surface area (Å²) in [5, 5.41) is 14.5. The number of aromatic nitrogens is 1. The molecule has 2 N–H and O–H groups in total. The van der Waals surface area contributed by atoms with Crippen molar-refractivity contribution in [2.75, 3.05) is 13.6 Å². The average Bonchev–Trinajstić information content (AvgIpc) is 2.60. The van der Waals surface area contributed by atoms with Crippen LogP contribution < -0.4 is 5.32 Å². The molecule has 0 saturated heterocycles. The van der Waals surface area contributed by atoms with Crippen LogP contribution in [0.2, 0.25) is 0 Å². The number of nitrogens with zero attached hydrogens (tertiary/aromatic N) is 1. The summed E-state index contributed by atoms with van der Waals surface area (Å²) in [6.07, 6.45) is 0.347. The van der Waals surface area contributed by atoms with E-state index in [1.165, 1.54) is 5.52 Å². The maximum atomic E-state index is 10.3. The molecule has 0 saturated carbocycles. The smallest absolute Gasteiger partial charge is 0.0825 e. The van der Waals surface area contributed by atoms with Gasteiger partial charge < -0.3 is 15.0 Å². The monoisotopic (exact) mass is 232 g/mol. The first-order chi connectivity index (χ1) is 8.16. The van der Waals surface area contributed by atoms with Crippen molar-refractivity contribution in [3.63, 3.8) is 0 Å². The molecule has 1 heterocycles. The van der Waals surface area contributed by atoms with E-state index in [4.69, 9.17) is 0 Å². The lowest BCUT2D eigenvalue weighted by Crippen LogP contribution is -2.12. The Bertz CT molecular complexity index is 516. The molecule has 3 heteroatoms. The van der Waals surface area contributed by atoms with Crippen LogP contribution in [-0.2, 0) is 7.05 Å². The molecule has 92 valence electrons. The molecule has 0 radical (unpaired) electrons. The van der Waals surface area contributed by atoms with E-state index in [1.54, 1.807) is 0 Å². The summed E-state index contributed by atoms with van der Waals surface area (Å²) < 4.78 is 2.15. The Hall–Kier alpha value is -1.32. The van der Waals surface area contributed by atoms with E-state index < -0.39 is 6.10 Å². The van der Waals surface area contributed by atoms with Crippen molar-refractivity contribution in [2.45, 2.75) is 19.4 Å². The zero-order valence-electron chi connectivity index (χ0n) is 10.7. The zero-order valence-corrected chi connectivity index (χ0v) is 10.7. The van der Waals surface area contributed by atoms with Crippen molar-refractivity contribution in [1.82, 2.24) is 9.88 Å². The number of aliphatic hydroxyl groups excluding tert-OH is 1. The van der Waals surface area contributed by atoms with Crippen molar-refractivity contribution < 1.29 is 5.11 Å². The standard InChI is InChI=1S/C14H20N2O/c1-10-14(13(17)8-9-15-2)11-6-4-5-7-12(11)16(10)3/h4-7,13,15,17H,8-9H2,1-3H3. The largest absolute Gasteiger partial charge is 0.388 e. The van der Waals surface area contributed by atoms with Crippen LogP contribution in [-0.4, -0.2) is 23.3 Å². The van der Waals surface area contributed by atoms with E-state index in [2.05, 4.69) is 28.9 Å². The second kappa shape index (κ2) is 4.90. The second-order valence-corrected chi connectivity index (χ2v) is 4.48. The summed E-state index contributed by atoms with van der Waals surface area (Å²) in [4.78, 5) is 0. The van der Waals surface area contributed by atoms with Gasteiger partial charge >= 0.3 is 0 Å². The second-order valence-electron chi connectivity index (χ2n) is 4.48. The summed E-state index contributed by atoms with van der Waals surface area (Å²) in [7, 11) is 3.95. The van der Waals surface area contributed by atoms with E-state index in [1.807, 2.05) is 26.2 Å². The fourth-order valence-electron chi connectivity index (χ4n) is 2.40. The van der Waals surface area contributed by atoms with Crippen molar-refractivity contribution in [1.29, 1.82) is 0 Å². The topological polar surface area (TPSA) is 37.2 Å². The molecule has 1 atom stereocenters. The number of rotatable bonds is 4. The summed E-state index contributed by atoms with van der Waals surface area (Å²) in [5.41, 5.74) is 3.40. The molecule has 0 bridgehead atoms. The lowest BCUT2D eigenvalue weighted by atomic mass is 10.0. The van der Waals surface area contributed by atoms with E-state index in [-0.39, 0.29) is 0 Å². The molecule has 1 aromatic heterocycles. The fourth-order valence-corrected chi connectivity index (χ4v) is 2.40. The predicted molar refractivity (Wildman–Crippen MR) is 71.2 cm³/mol. The highest BCUT2D eigenvalue weighted by atomic mass is 16.3. The van der Waals surface area contributed by atoms with E-state index in [9.17, 15) is 5.11 Å². The number of fused-ring (bicyclic) bond motifs is 1. The van der Waals surface area contributed by atoms with Gasteiger partial charge in [-0.1, -0.05) is 18.2 Å². The third-order valence-electron chi connectivity index (χ3n) is 3.45. The predicted octanol–water partition coefficient (Wildman–Crippen LogP) is 2.13. The Kier molecular flexibility index (Phi) is 3.50. The van der Waals surface area contributed by atoms with E-state index in [0.717, 1.165) is 29.6 Å². The van der Waals surface area contributed by atoms with Gasteiger partial charge in [-0.25, -0.2) is 0 Å². The Balaban J connectivity index is 2.49. The number of nitrogens with one attached hydrogen (secondary N) is 1.